The van der Waals surface area contributed by atoms with Gasteiger partial charge in [0.25, 0.3) is 0 Å². The predicted octanol–water partition coefficient (Wildman–Crippen LogP) is 3.66. The number of likely N-dealkylation sites (tertiary alicyclic amines) is 1. The zero-order chi connectivity index (χ0) is 21.3. The van der Waals surface area contributed by atoms with E-state index in [9.17, 15) is 9.59 Å². The van der Waals surface area contributed by atoms with Crippen molar-refractivity contribution in [3.8, 4) is 0 Å². The summed E-state index contributed by atoms with van der Waals surface area (Å²) in [6.45, 7) is 3.51. The number of halogens is 1. The standard InChI is InChI=1S/C23H24FNO5/c1-2-13-28-19-14-25(23(27)30-16-18-11-7-4-8-12-18)21(20(19)24)22(26)29-15-17-9-5-3-6-10-17/h2-12,19-21H,1,13-16H2. The molecular weight excluding hydrogens is 389 g/mol. The number of alkyl halides is 1. The Balaban J connectivity index is 1.67. The highest BCUT2D eigenvalue weighted by atomic mass is 19.1. The highest BCUT2D eigenvalue weighted by Crippen LogP contribution is 2.26. The summed E-state index contributed by atoms with van der Waals surface area (Å²) < 4.78 is 31.0. The van der Waals surface area contributed by atoms with Gasteiger partial charge in [-0.05, 0) is 11.1 Å². The number of benzene rings is 2. The van der Waals surface area contributed by atoms with Crippen molar-refractivity contribution in [1.29, 1.82) is 0 Å². The molecule has 3 atom stereocenters. The van der Waals surface area contributed by atoms with Crippen LogP contribution >= 0.6 is 0 Å². The zero-order valence-electron chi connectivity index (χ0n) is 16.5. The van der Waals surface area contributed by atoms with Crippen LogP contribution in [0.3, 0.4) is 0 Å². The normalized spacial score (nSPS) is 20.6. The van der Waals surface area contributed by atoms with Crippen LogP contribution in [-0.2, 0) is 32.2 Å². The molecule has 2 aromatic rings. The minimum atomic E-state index is -1.74. The summed E-state index contributed by atoms with van der Waals surface area (Å²) >= 11 is 0. The largest absolute Gasteiger partial charge is 0.459 e. The first kappa shape index (κ1) is 21.5. The molecule has 2 aromatic carbocycles. The second-order valence-electron chi connectivity index (χ2n) is 6.84. The lowest BCUT2D eigenvalue weighted by molar-refractivity contribution is -0.152. The molecule has 0 N–H and O–H groups in total. The van der Waals surface area contributed by atoms with Gasteiger partial charge in [0, 0.05) is 0 Å². The van der Waals surface area contributed by atoms with E-state index in [1.165, 1.54) is 6.08 Å². The number of ether oxygens (including phenoxy) is 3. The molecule has 0 spiro atoms. The third-order valence-electron chi connectivity index (χ3n) is 4.70. The highest BCUT2D eigenvalue weighted by molar-refractivity contribution is 5.83. The van der Waals surface area contributed by atoms with Crippen LogP contribution in [-0.4, -0.2) is 48.4 Å². The molecule has 0 aromatic heterocycles. The van der Waals surface area contributed by atoms with E-state index < -0.39 is 30.4 Å². The van der Waals surface area contributed by atoms with Crippen LogP contribution in [0, 0.1) is 0 Å². The SMILES string of the molecule is C=CCOC1CN(C(=O)OCc2ccccc2)C(C(=O)OCc2ccccc2)C1F. The Morgan fingerprint density at radius 2 is 1.57 bits per heavy atom. The number of esters is 1. The molecule has 1 amide bonds. The van der Waals surface area contributed by atoms with E-state index in [4.69, 9.17) is 14.2 Å². The van der Waals surface area contributed by atoms with Crippen molar-refractivity contribution in [3.63, 3.8) is 0 Å². The molecule has 1 fully saturated rings. The van der Waals surface area contributed by atoms with Gasteiger partial charge in [-0.25, -0.2) is 14.0 Å². The topological polar surface area (TPSA) is 65.1 Å². The molecule has 1 saturated heterocycles. The quantitative estimate of drug-likeness (QED) is 0.488. The molecule has 1 heterocycles. The van der Waals surface area contributed by atoms with Crippen molar-refractivity contribution >= 4 is 12.1 Å². The highest BCUT2D eigenvalue weighted by Gasteiger charge is 2.50. The Bertz CT molecular complexity index is 845. The number of carbonyl (C=O) groups is 2. The average molecular weight is 413 g/mol. The van der Waals surface area contributed by atoms with Gasteiger partial charge in [0.2, 0.25) is 0 Å². The number of rotatable bonds is 8. The second kappa shape index (κ2) is 10.5. The van der Waals surface area contributed by atoms with Crippen molar-refractivity contribution in [1.82, 2.24) is 4.90 Å². The fraction of sp³-hybridized carbons (Fsp3) is 0.304. The van der Waals surface area contributed by atoms with Crippen molar-refractivity contribution in [2.75, 3.05) is 13.2 Å². The average Bonchev–Trinajstić information content (AvgIpc) is 3.12. The summed E-state index contributed by atoms with van der Waals surface area (Å²) in [7, 11) is 0. The van der Waals surface area contributed by atoms with E-state index in [-0.39, 0.29) is 26.4 Å². The van der Waals surface area contributed by atoms with Crippen LogP contribution in [0.2, 0.25) is 0 Å². The molecule has 0 aliphatic carbocycles. The summed E-state index contributed by atoms with van der Waals surface area (Å²) in [6, 6.07) is 16.7. The van der Waals surface area contributed by atoms with Crippen molar-refractivity contribution in [2.24, 2.45) is 0 Å². The molecule has 6 nitrogen and oxygen atoms in total. The first-order valence-electron chi connectivity index (χ1n) is 9.64. The first-order chi connectivity index (χ1) is 14.6. The Morgan fingerprint density at radius 1 is 1.00 bits per heavy atom. The summed E-state index contributed by atoms with van der Waals surface area (Å²) in [5.41, 5.74) is 1.54. The minimum absolute atomic E-state index is 0.0110. The summed E-state index contributed by atoms with van der Waals surface area (Å²) in [6.07, 6.45) is -2.03. The Kier molecular flexibility index (Phi) is 7.57. The number of hydrogen-bond donors (Lipinski definition) is 0. The van der Waals surface area contributed by atoms with Crippen LogP contribution < -0.4 is 0 Å². The molecule has 1 aliphatic rings. The molecule has 3 unspecified atom stereocenters. The molecule has 0 saturated carbocycles. The smallest absolute Gasteiger partial charge is 0.411 e. The van der Waals surface area contributed by atoms with Crippen LogP contribution in [0.4, 0.5) is 9.18 Å². The van der Waals surface area contributed by atoms with Crippen LogP contribution in [0.25, 0.3) is 0 Å². The first-order valence-corrected chi connectivity index (χ1v) is 9.64. The lowest BCUT2D eigenvalue weighted by Gasteiger charge is -2.23. The Labute approximate surface area is 174 Å². The van der Waals surface area contributed by atoms with Crippen LogP contribution in [0.5, 0.6) is 0 Å². The fourth-order valence-corrected chi connectivity index (χ4v) is 3.18. The van der Waals surface area contributed by atoms with Crippen LogP contribution in [0.1, 0.15) is 11.1 Å². The van der Waals surface area contributed by atoms with Gasteiger partial charge >= 0.3 is 12.1 Å². The molecule has 1 aliphatic heterocycles. The van der Waals surface area contributed by atoms with E-state index in [1.807, 2.05) is 36.4 Å². The summed E-state index contributed by atoms with van der Waals surface area (Å²) in [5.74, 6) is -0.840. The third kappa shape index (κ3) is 5.45. The Morgan fingerprint density at radius 3 is 2.13 bits per heavy atom. The van der Waals surface area contributed by atoms with Gasteiger partial charge in [0.05, 0.1) is 13.2 Å². The van der Waals surface area contributed by atoms with Gasteiger partial charge in [0.1, 0.15) is 19.3 Å². The zero-order valence-corrected chi connectivity index (χ0v) is 16.5. The molecule has 0 radical (unpaired) electrons. The number of carbonyl (C=O) groups excluding carboxylic acids is 2. The van der Waals surface area contributed by atoms with Gasteiger partial charge in [-0.3, -0.25) is 4.90 Å². The van der Waals surface area contributed by atoms with Gasteiger partial charge in [-0.15, -0.1) is 6.58 Å². The lowest BCUT2D eigenvalue weighted by atomic mass is 10.1. The van der Waals surface area contributed by atoms with Gasteiger partial charge in [0.15, 0.2) is 12.2 Å². The monoisotopic (exact) mass is 413 g/mol. The second-order valence-corrected chi connectivity index (χ2v) is 6.84. The van der Waals surface area contributed by atoms with Gasteiger partial charge in [-0.2, -0.15) is 0 Å². The molecule has 158 valence electrons. The van der Waals surface area contributed by atoms with Crippen molar-refractivity contribution in [2.45, 2.75) is 31.5 Å². The molecule has 3 rings (SSSR count). The summed E-state index contributed by atoms with van der Waals surface area (Å²) in [5, 5.41) is 0. The van der Waals surface area contributed by atoms with Crippen molar-refractivity contribution < 1.29 is 28.2 Å². The van der Waals surface area contributed by atoms with Gasteiger partial charge < -0.3 is 14.2 Å². The number of hydrogen-bond acceptors (Lipinski definition) is 5. The fourth-order valence-electron chi connectivity index (χ4n) is 3.18. The molecular formula is C23H24FNO5. The third-order valence-corrected chi connectivity index (χ3v) is 4.70. The summed E-state index contributed by atoms with van der Waals surface area (Å²) in [4.78, 5) is 26.3. The minimum Gasteiger partial charge on any atom is -0.459 e. The number of amides is 1. The van der Waals surface area contributed by atoms with E-state index in [2.05, 4.69) is 6.58 Å². The predicted molar refractivity (Wildman–Crippen MR) is 108 cm³/mol. The molecule has 7 heteroatoms. The maximum atomic E-state index is 15.0. The van der Waals surface area contributed by atoms with E-state index in [0.29, 0.717) is 0 Å². The number of nitrogens with zero attached hydrogens (tertiary/aromatic N) is 1. The lowest BCUT2D eigenvalue weighted by Crippen LogP contribution is -2.45. The Hall–Kier alpha value is -3.19. The van der Waals surface area contributed by atoms with E-state index in [1.54, 1.807) is 24.3 Å². The van der Waals surface area contributed by atoms with Crippen molar-refractivity contribution in [3.05, 3.63) is 84.4 Å². The van der Waals surface area contributed by atoms with E-state index >= 15 is 4.39 Å². The van der Waals surface area contributed by atoms with E-state index in [0.717, 1.165) is 16.0 Å². The maximum absolute atomic E-state index is 15.0. The van der Waals surface area contributed by atoms with Gasteiger partial charge in [-0.1, -0.05) is 66.7 Å². The molecule has 30 heavy (non-hydrogen) atoms. The maximum Gasteiger partial charge on any atom is 0.411 e. The molecule has 0 bridgehead atoms. The van der Waals surface area contributed by atoms with Crippen LogP contribution in [0.15, 0.2) is 73.3 Å².